The van der Waals surface area contributed by atoms with Gasteiger partial charge in [-0.15, -0.1) is 0 Å². The zero-order valence-electron chi connectivity index (χ0n) is 11.9. The molecule has 0 unspecified atom stereocenters. The van der Waals surface area contributed by atoms with E-state index in [1.807, 2.05) is 30.3 Å². The van der Waals surface area contributed by atoms with E-state index in [9.17, 15) is 9.59 Å². The maximum absolute atomic E-state index is 12.1. The highest BCUT2D eigenvalue weighted by molar-refractivity contribution is 5.99. The van der Waals surface area contributed by atoms with Crippen LogP contribution in [0.5, 0.6) is 5.75 Å². The molecule has 2 aromatic rings. The van der Waals surface area contributed by atoms with Crippen LogP contribution in [-0.2, 0) is 11.2 Å². The third-order valence-corrected chi connectivity index (χ3v) is 3.62. The summed E-state index contributed by atoms with van der Waals surface area (Å²) in [5, 5.41) is 9.02. The maximum atomic E-state index is 12.1. The second kappa shape index (κ2) is 5.89. The van der Waals surface area contributed by atoms with Crippen molar-refractivity contribution < 1.29 is 19.4 Å². The molecule has 22 heavy (non-hydrogen) atoms. The van der Waals surface area contributed by atoms with E-state index >= 15 is 0 Å². The lowest BCUT2D eigenvalue weighted by molar-refractivity contribution is -0.121. The number of nitrogens with zero attached hydrogens (tertiary/aromatic N) is 1. The van der Waals surface area contributed by atoms with Gasteiger partial charge < -0.3 is 14.7 Å². The molecule has 3 rings (SSSR count). The lowest BCUT2D eigenvalue weighted by Gasteiger charge is -2.29. The highest BCUT2D eigenvalue weighted by Crippen LogP contribution is 2.33. The zero-order chi connectivity index (χ0) is 15.5. The van der Waals surface area contributed by atoms with Crippen LogP contribution in [0.4, 0.5) is 5.69 Å². The Balaban J connectivity index is 1.83. The Labute approximate surface area is 127 Å². The predicted octanol–water partition coefficient (Wildman–Crippen LogP) is 2.35. The van der Waals surface area contributed by atoms with Gasteiger partial charge in [0.2, 0.25) is 0 Å². The molecule has 1 amide bonds. The monoisotopic (exact) mass is 297 g/mol. The lowest BCUT2D eigenvalue weighted by atomic mass is 10.1. The van der Waals surface area contributed by atoms with Crippen molar-refractivity contribution in [3.63, 3.8) is 0 Å². The molecule has 5 nitrogen and oxygen atoms in total. The first kappa shape index (κ1) is 14.1. The molecule has 0 aliphatic carbocycles. The van der Waals surface area contributed by atoms with E-state index in [0.717, 1.165) is 12.0 Å². The third kappa shape index (κ3) is 2.79. The van der Waals surface area contributed by atoms with Crippen molar-refractivity contribution in [2.75, 3.05) is 18.1 Å². The number of rotatable bonds is 4. The molecule has 0 radical (unpaired) electrons. The van der Waals surface area contributed by atoms with E-state index in [-0.39, 0.29) is 18.1 Å². The molecule has 1 N–H and O–H groups in total. The number of carbonyl (C=O) groups excluding carboxylic acids is 1. The van der Waals surface area contributed by atoms with Crippen LogP contribution in [0.15, 0.2) is 48.5 Å². The van der Waals surface area contributed by atoms with Gasteiger partial charge in [0.15, 0.2) is 6.61 Å². The molecule has 1 heterocycles. The minimum absolute atomic E-state index is 0.0646. The maximum Gasteiger partial charge on any atom is 0.335 e. The fourth-order valence-corrected chi connectivity index (χ4v) is 2.47. The molecule has 1 aliphatic rings. The molecule has 5 heteroatoms. The third-order valence-electron chi connectivity index (χ3n) is 3.62. The van der Waals surface area contributed by atoms with Crippen molar-refractivity contribution in [1.29, 1.82) is 0 Å². The van der Waals surface area contributed by atoms with E-state index in [1.165, 1.54) is 12.1 Å². The van der Waals surface area contributed by atoms with Gasteiger partial charge in [-0.1, -0.05) is 30.3 Å². The van der Waals surface area contributed by atoms with Crippen molar-refractivity contribution in [3.8, 4) is 5.75 Å². The summed E-state index contributed by atoms with van der Waals surface area (Å²) in [6.45, 7) is 0.469. The number of hydrogen-bond acceptors (Lipinski definition) is 3. The van der Waals surface area contributed by atoms with Gasteiger partial charge >= 0.3 is 5.97 Å². The van der Waals surface area contributed by atoms with E-state index in [4.69, 9.17) is 9.84 Å². The Hall–Kier alpha value is -2.82. The summed E-state index contributed by atoms with van der Waals surface area (Å²) >= 11 is 0. The number of benzene rings is 2. The Morgan fingerprint density at radius 1 is 1.18 bits per heavy atom. The van der Waals surface area contributed by atoms with Gasteiger partial charge in [0.05, 0.1) is 11.3 Å². The van der Waals surface area contributed by atoms with Gasteiger partial charge in [-0.25, -0.2) is 4.79 Å². The van der Waals surface area contributed by atoms with Crippen LogP contribution in [0.25, 0.3) is 0 Å². The molecule has 0 saturated heterocycles. The molecule has 0 fully saturated rings. The minimum Gasteiger partial charge on any atom is -0.482 e. The number of anilines is 1. The van der Waals surface area contributed by atoms with Gasteiger partial charge in [-0.2, -0.15) is 0 Å². The van der Waals surface area contributed by atoms with E-state index in [1.54, 1.807) is 11.0 Å². The molecule has 0 saturated carbocycles. The molecular formula is C17H15NO4. The number of carboxylic acid groups (broad SMARTS) is 1. The van der Waals surface area contributed by atoms with Crippen molar-refractivity contribution in [2.24, 2.45) is 0 Å². The average molecular weight is 297 g/mol. The van der Waals surface area contributed by atoms with E-state index in [2.05, 4.69) is 0 Å². The summed E-state index contributed by atoms with van der Waals surface area (Å²) < 4.78 is 5.35. The fourth-order valence-electron chi connectivity index (χ4n) is 2.47. The average Bonchev–Trinajstić information content (AvgIpc) is 2.54. The Morgan fingerprint density at radius 2 is 1.95 bits per heavy atom. The van der Waals surface area contributed by atoms with Crippen molar-refractivity contribution in [3.05, 3.63) is 59.7 Å². The van der Waals surface area contributed by atoms with Gasteiger partial charge in [-0.05, 0) is 30.2 Å². The van der Waals surface area contributed by atoms with Crippen LogP contribution < -0.4 is 9.64 Å². The summed E-state index contributed by atoms with van der Waals surface area (Å²) in [6.07, 6.45) is 0.729. The molecule has 112 valence electrons. The molecule has 0 spiro atoms. The van der Waals surface area contributed by atoms with Crippen LogP contribution >= 0.6 is 0 Å². The van der Waals surface area contributed by atoms with E-state index in [0.29, 0.717) is 18.0 Å². The number of amides is 1. The SMILES string of the molecule is O=C(O)c1ccc2c(c1)OCC(=O)N2CCc1ccccc1. The van der Waals surface area contributed by atoms with Crippen LogP contribution in [0, 0.1) is 0 Å². The molecule has 0 bridgehead atoms. The number of ether oxygens (including phenoxy) is 1. The first-order chi connectivity index (χ1) is 10.6. The van der Waals surface area contributed by atoms with Crippen LogP contribution in [0.1, 0.15) is 15.9 Å². The Kier molecular flexibility index (Phi) is 3.78. The minimum atomic E-state index is -1.01. The summed E-state index contributed by atoms with van der Waals surface area (Å²) in [6, 6.07) is 14.5. The first-order valence-corrected chi connectivity index (χ1v) is 6.99. The Bertz CT molecular complexity index is 712. The predicted molar refractivity (Wildman–Crippen MR) is 81.4 cm³/mol. The molecule has 0 atom stereocenters. The standard InChI is InChI=1S/C17H15NO4/c19-16-11-22-15-10-13(17(20)21)6-7-14(15)18(16)9-8-12-4-2-1-3-5-12/h1-7,10H,8-9,11H2,(H,20,21). The highest BCUT2D eigenvalue weighted by Gasteiger charge is 2.26. The number of carboxylic acids is 1. The topological polar surface area (TPSA) is 66.8 Å². The number of carbonyl (C=O) groups is 2. The summed E-state index contributed by atoms with van der Waals surface area (Å²) in [7, 11) is 0. The Morgan fingerprint density at radius 3 is 2.68 bits per heavy atom. The van der Waals surface area contributed by atoms with Gasteiger partial charge in [0.1, 0.15) is 5.75 Å². The molecule has 1 aliphatic heterocycles. The first-order valence-electron chi connectivity index (χ1n) is 6.99. The molecular weight excluding hydrogens is 282 g/mol. The highest BCUT2D eigenvalue weighted by atomic mass is 16.5. The normalized spacial score (nSPS) is 13.5. The summed E-state index contributed by atoms with van der Waals surface area (Å²) in [5.74, 6) is -0.696. The van der Waals surface area contributed by atoms with Gasteiger partial charge in [-0.3, -0.25) is 4.79 Å². The largest absolute Gasteiger partial charge is 0.482 e. The van der Waals surface area contributed by atoms with Crippen molar-refractivity contribution in [2.45, 2.75) is 6.42 Å². The van der Waals surface area contributed by atoms with Gasteiger partial charge in [0.25, 0.3) is 5.91 Å². The van der Waals surface area contributed by atoms with Gasteiger partial charge in [0, 0.05) is 6.54 Å². The summed E-state index contributed by atoms with van der Waals surface area (Å²) in [5.41, 5.74) is 1.92. The summed E-state index contributed by atoms with van der Waals surface area (Å²) in [4.78, 5) is 24.7. The second-order valence-corrected chi connectivity index (χ2v) is 5.06. The van der Waals surface area contributed by atoms with Crippen LogP contribution in [0.2, 0.25) is 0 Å². The van der Waals surface area contributed by atoms with Crippen molar-refractivity contribution in [1.82, 2.24) is 0 Å². The zero-order valence-corrected chi connectivity index (χ0v) is 11.9. The van der Waals surface area contributed by atoms with Crippen LogP contribution in [-0.4, -0.2) is 30.1 Å². The number of fused-ring (bicyclic) bond motifs is 1. The molecule has 2 aromatic carbocycles. The van der Waals surface area contributed by atoms with E-state index < -0.39 is 5.97 Å². The number of aromatic carboxylic acids is 1. The van der Waals surface area contributed by atoms with Crippen LogP contribution in [0.3, 0.4) is 0 Å². The quantitative estimate of drug-likeness (QED) is 0.940. The smallest absolute Gasteiger partial charge is 0.335 e. The fraction of sp³-hybridized carbons (Fsp3) is 0.176. The number of hydrogen-bond donors (Lipinski definition) is 1. The lowest BCUT2D eigenvalue weighted by Crippen LogP contribution is -2.40. The van der Waals surface area contributed by atoms with Crippen molar-refractivity contribution >= 4 is 17.6 Å². The second-order valence-electron chi connectivity index (χ2n) is 5.06. The molecule has 0 aromatic heterocycles.